The molecule has 2 amide bonds. The van der Waals surface area contributed by atoms with E-state index in [-0.39, 0.29) is 43.0 Å². The molecule has 2 heterocycles. The summed E-state index contributed by atoms with van der Waals surface area (Å²) in [5, 5.41) is 1.18. The molecule has 0 radical (unpaired) electrons. The zero-order valence-electron chi connectivity index (χ0n) is 18.5. The van der Waals surface area contributed by atoms with Crippen molar-refractivity contribution in [3.05, 3.63) is 52.8 Å². The molecule has 33 heavy (non-hydrogen) atoms. The predicted molar refractivity (Wildman–Crippen MR) is 134 cm³/mol. The van der Waals surface area contributed by atoms with E-state index in [1.807, 2.05) is 38.1 Å². The first-order chi connectivity index (χ1) is 15.2. The second-order valence-electron chi connectivity index (χ2n) is 8.21. The Morgan fingerprint density at radius 2 is 1.91 bits per heavy atom. The first-order valence-corrected chi connectivity index (χ1v) is 11.5. The van der Waals surface area contributed by atoms with Gasteiger partial charge in [0.2, 0.25) is 11.8 Å². The zero-order chi connectivity index (χ0) is 23.0. The molecule has 1 fully saturated rings. The minimum absolute atomic E-state index is 0. The van der Waals surface area contributed by atoms with Gasteiger partial charge in [-0.3, -0.25) is 14.5 Å². The second kappa shape index (κ2) is 10.3. The summed E-state index contributed by atoms with van der Waals surface area (Å²) in [7, 11) is 3.88. The highest BCUT2D eigenvalue weighted by Gasteiger charge is 2.38. The van der Waals surface area contributed by atoms with Crippen molar-refractivity contribution >= 4 is 68.2 Å². The van der Waals surface area contributed by atoms with Crippen LogP contribution in [0, 0.1) is 18.7 Å². The Labute approximate surface area is 207 Å². The van der Waals surface area contributed by atoms with Crippen LogP contribution in [0.3, 0.4) is 0 Å². The lowest BCUT2D eigenvalue weighted by Crippen LogP contribution is -2.41. The van der Waals surface area contributed by atoms with Gasteiger partial charge in [-0.05, 0) is 56.9 Å². The summed E-state index contributed by atoms with van der Waals surface area (Å²) in [5.74, 6) is -1.16. The number of rotatable bonds is 6. The predicted octanol–water partition coefficient (Wildman–Crippen LogP) is 4.77. The third-order valence-electron chi connectivity index (χ3n) is 5.57. The molecule has 1 saturated heterocycles. The quantitative estimate of drug-likeness (QED) is 0.479. The van der Waals surface area contributed by atoms with Crippen molar-refractivity contribution in [2.75, 3.05) is 43.5 Å². The van der Waals surface area contributed by atoms with E-state index in [0.29, 0.717) is 28.9 Å². The number of thiazole rings is 1. The van der Waals surface area contributed by atoms with E-state index in [0.717, 1.165) is 15.8 Å². The summed E-state index contributed by atoms with van der Waals surface area (Å²) in [6.45, 7) is 3.32. The number of halogens is 3. The summed E-state index contributed by atoms with van der Waals surface area (Å²) in [4.78, 5) is 36.2. The van der Waals surface area contributed by atoms with Gasteiger partial charge in [-0.1, -0.05) is 29.0 Å². The van der Waals surface area contributed by atoms with Gasteiger partial charge >= 0.3 is 0 Å². The normalized spacial score (nSPS) is 15.9. The maximum absolute atomic E-state index is 13.6. The van der Waals surface area contributed by atoms with Crippen LogP contribution in [-0.4, -0.2) is 55.4 Å². The SMILES string of the molecule is Cc1ccc(Cl)c2sc(N(CCN(C)C)C(=O)C3CC(=O)N(c4ccc(F)cc4)C3)nc12.Cl. The molecule has 0 spiro atoms. The molecule has 1 atom stereocenters. The summed E-state index contributed by atoms with van der Waals surface area (Å²) >= 11 is 7.77. The highest BCUT2D eigenvalue weighted by atomic mass is 35.5. The Kier molecular flexibility index (Phi) is 7.95. The second-order valence-corrected chi connectivity index (χ2v) is 9.60. The first kappa shape index (κ1) is 25.4. The topological polar surface area (TPSA) is 56.8 Å². The standard InChI is InChI=1S/C23H24ClFN4O2S.ClH/c1-14-4-9-18(24)21-20(14)26-23(32-21)28(11-10-27(2)3)22(31)15-12-19(30)29(13-15)17-7-5-16(25)6-8-17;/h4-9,15H,10-13H2,1-3H3;1H. The fraction of sp³-hybridized carbons (Fsp3) is 0.348. The molecular weight excluding hydrogens is 486 g/mol. The average molecular weight is 511 g/mol. The molecular formula is C23H25Cl2FN4O2S. The number of hydrogen-bond acceptors (Lipinski definition) is 5. The Hall–Kier alpha value is -2.26. The Bertz CT molecular complexity index is 1130. The van der Waals surface area contributed by atoms with Crippen molar-refractivity contribution in [3.8, 4) is 0 Å². The number of aryl methyl sites for hydroxylation is 1. The third kappa shape index (κ3) is 5.30. The Morgan fingerprint density at radius 3 is 2.55 bits per heavy atom. The molecule has 176 valence electrons. The van der Waals surface area contributed by atoms with E-state index in [9.17, 15) is 14.0 Å². The molecule has 1 aliphatic heterocycles. The van der Waals surface area contributed by atoms with Gasteiger partial charge in [0.05, 0.1) is 21.2 Å². The fourth-order valence-electron chi connectivity index (χ4n) is 3.77. The Balaban J connectivity index is 0.00000306. The van der Waals surface area contributed by atoms with Gasteiger partial charge in [0.15, 0.2) is 5.13 Å². The number of nitrogens with zero attached hydrogens (tertiary/aromatic N) is 4. The van der Waals surface area contributed by atoms with Crippen LogP contribution in [0.15, 0.2) is 36.4 Å². The van der Waals surface area contributed by atoms with Gasteiger partial charge in [-0.2, -0.15) is 0 Å². The number of likely N-dealkylation sites (N-methyl/N-ethyl adjacent to an activating group) is 1. The number of aromatic nitrogens is 1. The Morgan fingerprint density at radius 1 is 1.21 bits per heavy atom. The van der Waals surface area contributed by atoms with Crippen LogP contribution >= 0.6 is 35.3 Å². The smallest absolute Gasteiger partial charge is 0.234 e. The van der Waals surface area contributed by atoms with Crippen LogP contribution < -0.4 is 9.80 Å². The lowest BCUT2D eigenvalue weighted by Gasteiger charge is -2.24. The molecule has 1 aliphatic rings. The van der Waals surface area contributed by atoms with E-state index in [2.05, 4.69) is 0 Å². The van der Waals surface area contributed by atoms with Gasteiger partial charge in [0.1, 0.15) is 5.82 Å². The minimum Gasteiger partial charge on any atom is -0.312 e. The van der Waals surface area contributed by atoms with Crippen molar-refractivity contribution < 1.29 is 14.0 Å². The molecule has 0 aliphatic carbocycles. The van der Waals surface area contributed by atoms with Gasteiger partial charge < -0.3 is 9.80 Å². The van der Waals surface area contributed by atoms with E-state index < -0.39 is 5.92 Å². The maximum Gasteiger partial charge on any atom is 0.234 e. The van der Waals surface area contributed by atoms with Gasteiger partial charge in [-0.15, -0.1) is 12.4 Å². The fourth-order valence-corrected chi connectivity index (χ4v) is 5.12. The van der Waals surface area contributed by atoms with E-state index in [1.165, 1.54) is 23.5 Å². The largest absolute Gasteiger partial charge is 0.312 e. The highest BCUT2D eigenvalue weighted by Crippen LogP contribution is 2.37. The lowest BCUT2D eigenvalue weighted by molar-refractivity contribution is -0.124. The highest BCUT2D eigenvalue weighted by molar-refractivity contribution is 7.23. The monoisotopic (exact) mass is 510 g/mol. The van der Waals surface area contributed by atoms with Crippen molar-refractivity contribution in [3.63, 3.8) is 0 Å². The molecule has 2 aromatic carbocycles. The molecule has 0 saturated carbocycles. The minimum atomic E-state index is -0.502. The summed E-state index contributed by atoms with van der Waals surface area (Å²) < 4.78 is 14.1. The number of hydrogen-bond donors (Lipinski definition) is 0. The average Bonchev–Trinajstić information content (AvgIpc) is 3.36. The molecule has 10 heteroatoms. The van der Waals surface area contributed by atoms with Crippen molar-refractivity contribution in [2.45, 2.75) is 13.3 Å². The van der Waals surface area contributed by atoms with Gasteiger partial charge in [0, 0.05) is 31.7 Å². The lowest BCUT2D eigenvalue weighted by atomic mass is 10.1. The van der Waals surface area contributed by atoms with Crippen molar-refractivity contribution in [2.24, 2.45) is 5.92 Å². The summed E-state index contributed by atoms with van der Waals surface area (Å²) in [5.41, 5.74) is 2.37. The molecule has 0 N–H and O–H groups in total. The molecule has 4 rings (SSSR count). The zero-order valence-corrected chi connectivity index (χ0v) is 20.9. The van der Waals surface area contributed by atoms with Crippen molar-refractivity contribution in [1.29, 1.82) is 0 Å². The summed E-state index contributed by atoms with van der Waals surface area (Å²) in [6, 6.07) is 9.49. The maximum atomic E-state index is 13.6. The van der Waals surface area contributed by atoms with Crippen LogP contribution in [0.1, 0.15) is 12.0 Å². The molecule has 3 aromatic rings. The molecule has 6 nitrogen and oxygen atoms in total. The van der Waals surface area contributed by atoms with Crippen LogP contribution in [0.5, 0.6) is 0 Å². The van der Waals surface area contributed by atoms with Crippen LogP contribution in [-0.2, 0) is 9.59 Å². The van der Waals surface area contributed by atoms with Crippen LogP contribution in [0.4, 0.5) is 15.2 Å². The number of amides is 2. The number of benzene rings is 2. The van der Waals surface area contributed by atoms with Crippen LogP contribution in [0.25, 0.3) is 10.2 Å². The molecule has 1 unspecified atom stereocenters. The number of anilines is 2. The van der Waals surface area contributed by atoms with Gasteiger partial charge in [-0.25, -0.2) is 9.37 Å². The number of fused-ring (bicyclic) bond motifs is 1. The van der Waals surface area contributed by atoms with E-state index in [4.69, 9.17) is 16.6 Å². The number of carbonyl (C=O) groups excluding carboxylic acids is 2. The van der Waals surface area contributed by atoms with Gasteiger partial charge in [0.25, 0.3) is 0 Å². The van der Waals surface area contributed by atoms with Crippen molar-refractivity contribution in [1.82, 2.24) is 9.88 Å². The van der Waals surface area contributed by atoms with Crippen LogP contribution in [0.2, 0.25) is 5.02 Å². The molecule has 0 bridgehead atoms. The van der Waals surface area contributed by atoms with E-state index in [1.54, 1.807) is 21.9 Å². The first-order valence-electron chi connectivity index (χ1n) is 10.3. The third-order valence-corrected chi connectivity index (χ3v) is 7.10. The number of carbonyl (C=O) groups is 2. The molecule has 1 aromatic heterocycles. The summed E-state index contributed by atoms with van der Waals surface area (Å²) in [6.07, 6.45) is 0.110. The van der Waals surface area contributed by atoms with E-state index >= 15 is 0 Å².